The molecule has 0 amide bonds. The summed E-state index contributed by atoms with van der Waals surface area (Å²) < 4.78 is 1.16. The summed E-state index contributed by atoms with van der Waals surface area (Å²) in [5.74, 6) is 1.78. The number of thiophene rings is 1. The number of hydrogen-bond donors (Lipinski definition) is 0. The molecule has 0 bridgehead atoms. The second-order valence-electron chi connectivity index (χ2n) is 6.02. The molecule has 0 atom stereocenters. The van der Waals surface area contributed by atoms with Crippen molar-refractivity contribution >= 4 is 33.3 Å². The second kappa shape index (κ2) is 6.87. The van der Waals surface area contributed by atoms with Gasteiger partial charge in [0.2, 0.25) is 5.95 Å². The van der Waals surface area contributed by atoms with Crippen molar-refractivity contribution in [2.45, 2.75) is 26.7 Å². The van der Waals surface area contributed by atoms with Crippen molar-refractivity contribution in [2.75, 3.05) is 36.0 Å². The van der Waals surface area contributed by atoms with E-state index in [-0.39, 0.29) is 0 Å². The maximum atomic E-state index is 4.74. The molecule has 4 heterocycles. The van der Waals surface area contributed by atoms with E-state index >= 15 is 0 Å². The quantitative estimate of drug-likeness (QED) is 0.711. The lowest BCUT2D eigenvalue weighted by molar-refractivity contribution is 0.626. The number of anilines is 2. The molecule has 0 aliphatic carbocycles. The molecule has 0 spiro atoms. The van der Waals surface area contributed by atoms with E-state index in [4.69, 9.17) is 4.98 Å². The molecule has 130 valence electrons. The summed E-state index contributed by atoms with van der Waals surface area (Å²) >= 11 is 1.70. The largest absolute Gasteiger partial charge is 0.352 e. The second-order valence-corrected chi connectivity index (χ2v) is 6.93. The highest BCUT2D eigenvalue weighted by molar-refractivity contribution is 7.17. The SMILES string of the molecule is CCc1nnc(N2CCN(c3ncnc4ccsc34)CC2)nc1CC. The fourth-order valence-electron chi connectivity index (χ4n) is 3.18. The van der Waals surface area contributed by atoms with Gasteiger partial charge in [0.15, 0.2) is 0 Å². The molecule has 0 aromatic carbocycles. The van der Waals surface area contributed by atoms with Crippen molar-refractivity contribution in [3.63, 3.8) is 0 Å². The summed E-state index contributed by atoms with van der Waals surface area (Å²) in [7, 11) is 0. The topological polar surface area (TPSA) is 70.9 Å². The van der Waals surface area contributed by atoms with E-state index in [2.05, 4.69) is 49.2 Å². The van der Waals surface area contributed by atoms with E-state index in [0.717, 1.165) is 72.4 Å². The molecule has 3 aromatic rings. The van der Waals surface area contributed by atoms with Crippen LogP contribution in [-0.4, -0.2) is 51.3 Å². The van der Waals surface area contributed by atoms with Crippen LogP contribution in [0, 0.1) is 0 Å². The zero-order valence-corrected chi connectivity index (χ0v) is 15.3. The molecule has 1 aliphatic rings. The normalized spacial score (nSPS) is 15.1. The smallest absolute Gasteiger partial charge is 0.245 e. The number of fused-ring (bicyclic) bond motifs is 1. The number of piperazine rings is 1. The highest BCUT2D eigenvalue weighted by atomic mass is 32.1. The van der Waals surface area contributed by atoms with Crippen LogP contribution in [0.3, 0.4) is 0 Å². The van der Waals surface area contributed by atoms with E-state index in [1.807, 2.05) is 6.07 Å². The molecule has 1 aliphatic heterocycles. The lowest BCUT2D eigenvalue weighted by Crippen LogP contribution is -2.47. The number of rotatable bonds is 4. The van der Waals surface area contributed by atoms with Crippen LogP contribution in [0.2, 0.25) is 0 Å². The third kappa shape index (κ3) is 3.02. The van der Waals surface area contributed by atoms with Crippen LogP contribution in [0.1, 0.15) is 25.2 Å². The monoisotopic (exact) mass is 355 g/mol. The van der Waals surface area contributed by atoms with Crippen LogP contribution in [0.5, 0.6) is 0 Å². The van der Waals surface area contributed by atoms with E-state index < -0.39 is 0 Å². The van der Waals surface area contributed by atoms with Crippen LogP contribution in [0.15, 0.2) is 17.8 Å². The average Bonchev–Trinajstić information content (AvgIpc) is 3.16. The molecule has 0 saturated carbocycles. The number of aryl methyl sites for hydroxylation is 2. The van der Waals surface area contributed by atoms with Gasteiger partial charge < -0.3 is 9.80 Å². The average molecular weight is 355 g/mol. The fourth-order valence-corrected chi connectivity index (χ4v) is 4.04. The Balaban J connectivity index is 1.51. The summed E-state index contributed by atoms with van der Waals surface area (Å²) in [5, 5.41) is 10.8. The van der Waals surface area contributed by atoms with Gasteiger partial charge in [0.05, 0.1) is 21.6 Å². The van der Waals surface area contributed by atoms with Gasteiger partial charge in [0.1, 0.15) is 12.1 Å². The molecule has 3 aromatic heterocycles. The Morgan fingerprint density at radius 2 is 1.72 bits per heavy atom. The summed E-state index contributed by atoms with van der Waals surface area (Å²) in [4.78, 5) is 18.1. The Morgan fingerprint density at radius 3 is 2.48 bits per heavy atom. The van der Waals surface area contributed by atoms with Gasteiger partial charge in [-0.1, -0.05) is 13.8 Å². The zero-order chi connectivity index (χ0) is 17.2. The Labute approximate surface area is 150 Å². The molecule has 1 fully saturated rings. The molecule has 7 nitrogen and oxygen atoms in total. The lowest BCUT2D eigenvalue weighted by atomic mass is 10.2. The Kier molecular flexibility index (Phi) is 4.44. The molecule has 0 unspecified atom stereocenters. The van der Waals surface area contributed by atoms with Crippen LogP contribution >= 0.6 is 11.3 Å². The first-order valence-electron chi connectivity index (χ1n) is 8.70. The van der Waals surface area contributed by atoms with Crippen molar-refractivity contribution in [2.24, 2.45) is 0 Å². The minimum absolute atomic E-state index is 0.748. The lowest BCUT2D eigenvalue weighted by Gasteiger charge is -2.35. The minimum Gasteiger partial charge on any atom is -0.352 e. The molecule has 1 saturated heterocycles. The van der Waals surface area contributed by atoms with Crippen molar-refractivity contribution < 1.29 is 0 Å². The van der Waals surface area contributed by atoms with Gasteiger partial charge in [-0.3, -0.25) is 0 Å². The summed E-state index contributed by atoms with van der Waals surface area (Å²) in [5.41, 5.74) is 3.09. The van der Waals surface area contributed by atoms with Crippen molar-refractivity contribution in [1.82, 2.24) is 25.1 Å². The Morgan fingerprint density at radius 1 is 0.960 bits per heavy atom. The van der Waals surface area contributed by atoms with E-state index in [0.29, 0.717) is 0 Å². The maximum Gasteiger partial charge on any atom is 0.245 e. The molecule has 8 heteroatoms. The zero-order valence-electron chi connectivity index (χ0n) is 14.5. The summed E-state index contributed by atoms with van der Waals surface area (Å²) in [6.45, 7) is 7.73. The van der Waals surface area contributed by atoms with Crippen LogP contribution in [0.4, 0.5) is 11.8 Å². The third-order valence-corrected chi connectivity index (χ3v) is 5.48. The standard InChI is InChI=1S/C17H21N7S/c1-3-12-13(4-2)21-22-17(20-12)24-8-6-23(7-9-24)16-15-14(5-10-25-15)18-11-19-16/h5,10-11H,3-4,6-9H2,1-2H3. The van der Waals surface area contributed by atoms with Gasteiger partial charge in [0.25, 0.3) is 0 Å². The van der Waals surface area contributed by atoms with Gasteiger partial charge >= 0.3 is 0 Å². The number of aromatic nitrogens is 5. The molecule has 0 radical (unpaired) electrons. The van der Waals surface area contributed by atoms with Gasteiger partial charge in [-0.15, -0.1) is 16.4 Å². The van der Waals surface area contributed by atoms with Crippen molar-refractivity contribution in [3.05, 3.63) is 29.2 Å². The molecular weight excluding hydrogens is 334 g/mol. The predicted molar refractivity (Wildman–Crippen MR) is 100 cm³/mol. The highest BCUT2D eigenvalue weighted by Crippen LogP contribution is 2.28. The van der Waals surface area contributed by atoms with E-state index in [9.17, 15) is 0 Å². The van der Waals surface area contributed by atoms with Gasteiger partial charge in [0, 0.05) is 26.2 Å². The highest BCUT2D eigenvalue weighted by Gasteiger charge is 2.22. The Hall–Kier alpha value is -2.35. The predicted octanol–water partition coefficient (Wildman–Crippen LogP) is 2.33. The first-order chi connectivity index (χ1) is 12.3. The van der Waals surface area contributed by atoms with E-state index in [1.54, 1.807) is 17.7 Å². The third-order valence-electron chi connectivity index (χ3n) is 4.58. The molecule has 0 N–H and O–H groups in total. The van der Waals surface area contributed by atoms with Crippen LogP contribution in [-0.2, 0) is 12.8 Å². The maximum absolute atomic E-state index is 4.74. The Bertz CT molecular complexity index is 870. The van der Waals surface area contributed by atoms with E-state index in [1.165, 1.54) is 0 Å². The summed E-state index contributed by atoms with van der Waals surface area (Å²) in [6.07, 6.45) is 3.42. The number of hydrogen-bond acceptors (Lipinski definition) is 8. The number of nitrogens with zero attached hydrogens (tertiary/aromatic N) is 7. The first-order valence-corrected chi connectivity index (χ1v) is 9.58. The summed E-state index contributed by atoms with van der Waals surface area (Å²) in [6, 6.07) is 2.04. The van der Waals surface area contributed by atoms with Crippen LogP contribution < -0.4 is 9.80 Å². The fraction of sp³-hybridized carbons (Fsp3) is 0.471. The molecular formula is C17H21N7S. The van der Waals surface area contributed by atoms with Crippen LogP contribution in [0.25, 0.3) is 10.2 Å². The molecule has 25 heavy (non-hydrogen) atoms. The van der Waals surface area contributed by atoms with Gasteiger partial charge in [-0.05, 0) is 24.3 Å². The van der Waals surface area contributed by atoms with Gasteiger partial charge in [-0.2, -0.15) is 5.10 Å². The molecule has 4 rings (SSSR count). The first kappa shape index (κ1) is 16.1. The van der Waals surface area contributed by atoms with Gasteiger partial charge in [-0.25, -0.2) is 15.0 Å². The van der Waals surface area contributed by atoms with Crippen molar-refractivity contribution in [3.8, 4) is 0 Å². The van der Waals surface area contributed by atoms with Crippen molar-refractivity contribution in [1.29, 1.82) is 0 Å². The minimum atomic E-state index is 0.748.